The molecule has 32 heavy (non-hydrogen) atoms. The highest BCUT2D eigenvalue weighted by atomic mass is 35.5. The predicted molar refractivity (Wildman–Crippen MR) is 114 cm³/mol. The number of halogens is 3. The average molecular weight is 480 g/mol. The minimum atomic E-state index is -4.10. The second kappa shape index (κ2) is 9.75. The number of carbonyl (C=O) groups is 2. The van der Waals surface area contributed by atoms with E-state index in [0.717, 1.165) is 18.2 Å². The zero-order valence-electron chi connectivity index (χ0n) is 16.2. The highest BCUT2D eigenvalue weighted by molar-refractivity contribution is 7.92. The van der Waals surface area contributed by atoms with Crippen LogP contribution in [0, 0.1) is 11.6 Å². The van der Waals surface area contributed by atoms with Crippen molar-refractivity contribution < 1.29 is 26.8 Å². The summed E-state index contributed by atoms with van der Waals surface area (Å²) in [6.45, 7) is 0. The Balaban J connectivity index is 1.68. The van der Waals surface area contributed by atoms with Gasteiger partial charge < -0.3 is 0 Å². The highest BCUT2D eigenvalue weighted by Crippen LogP contribution is 2.22. The largest absolute Gasteiger partial charge is 0.280 e. The van der Waals surface area contributed by atoms with Crippen LogP contribution in [-0.2, 0) is 21.2 Å². The van der Waals surface area contributed by atoms with Crippen LogP contribution in [0.15, 0.2) is 71.6 Å². The summed E-state index contributed by atoms with van der Waals surface area (Å²) in [7, 11) is -4.10. The van der Waals surface area contributed by atoms with Crippen LogP contribution in [-0.4, -0.2) is 20.2 Å². The average Bonchev–Trinajstić information content (AvgIpc) is 2.75. The first kappa shape index (κ1) is 23.2. The standard InChI is InChI=1S/C21H16ClF2N3O4S/c22-19-10-9-17(32(30,31)27-16-7-5-15(24)6-8-16)12-18(19)21(29)26-25-20(28)11-13-1-3-14(23)4-2-13/h1-10,12,27H,11H2,(H,25,28)(H,26,29). The number of sulfonamides is 1. The van der Waals surface area contributed by atoms with E-state index < -0.39 is 33.5 Å². The lowest BCUT2D eigenvalue weighted by Crippen LogP contribution is -2.42. The predicted octanol–water partition coefficient (Wildman–Crippen LogP) is 3.42. The molecule has 0 saturated carbocycles. The van der Waals surface area contributed by atoms with Gasteiger partial charge in [-0.3, -0.25) is 25.2 Å². The molecular formula is C21H16ClF2N3O4S. The molecule has 0 saturated heterocycles. The van der Waals surface area contributed by atoms with Crippen molar-refractivity contribution >= 4 is 39.1 Å². The molecule has 0 bridgehead atoms. The molecule has 0 aromatic heterocycles. The molecule has 2 amide bonds. The molecule has 3 N–H and O–H groups in total. The van der Waals surface area contributed by atoms with Gasteiger partial charge in [0, 0.05) is 5.69 Å². The second-order valence-electron chi connectivity index (χ2n) is 6.56. The lowest BCUT2D eigenvalue weighted by atomic mass is 10.1. The van der Waals surface area contributed by atoms with Gasteiger partial charge >= 0.3 is 0 Å². The molecule has 0 fully saturated rings. The van der Waals surface area contributed by atoms with Gasteiger partial charge in [0.2, 0.25) is 5.91 Å². The van der Waals surface area contributed by atoms with Crippen molar-refractivity contribution in [2.24, 2.45) is 0 Å². The summed E-state index contributed by atoms with van der Waals surface area (Å²) in [6.07, 6.45) is -0.121. The first-order chi connectivity index (χ1) is 15.1. The van der Waals surface area contributed by atoms with Crippen LogP contribution in [0.1, 0.15) is 15.9 Å². The monoisotopic (exact) mass is 479 g/mol. The zero-order chi connectivity index (χ0) is 23.3. The van der Waals surface area contributed by atoms with E-state index in [1.807, 2.05) is 0 Å². The number of hydrogen-bond donors (Lipinski definition) is 3. The van der Waals surface area contributed by atoms with Gasteiger partial charge in [-0.05, 0) is 60.2 Å². The summed E-state index contributed by atoms with van der Waals surface area (Å²) in [5.41, 5.74) is 4.79. The third-order valence-corrected chi connectivity index (χ3v) is 5.89. The summed E-state index contributed by atoms with van der Waals surface area (Å²) < 4.78 is 53.4. The van der Waals surface area contributed by atoms with Crippen molar-refractivity contribution in [2.45, 2.75) is 11.3 Å². The summed E-state index contributed by atoms with van der Waals surface area (Å²) in [4.78, 5) is 24.1. The van der Waals surface area contributed by atoms with Crippen molar-refractivity contribution in [3.05, 3.63) is 94.5 Å². The Morgan fingerprint density at radius 3 is 2.06 bits per heavy atom. The molecule has 3 rings (SSSR count). The maximum absolute atomic E-state index is 13.0. The molecule has 166 valence electrons. The van der Waals surface area contributed by atoms with Gasteiger partial charge in [0.1, 0.15) is 11.6 Å². The van der Waals surface area contributed by atoms with Gasteiger partial charge in [0.25, 0.3) is 15.9 Å². The van der Waals surface area contributed by atoms with E-state index in [1.165, 1.54) is 48.5 Å². The topological polar surface area (TPSA) is 104 Å². The minimum Gasteiger partial charge on any atom is -0.280 e. The molecule has 7 nitrogen and oxygen atoms in total. The fourth-order valence-corrected chi connectivity index (χ4v) is 3.89. The Morgan fingerprint density at radius 2 is 1.44 bits per heavy atom. The zero-order valence-corrected chi connectivity index (χ0v) is 17.8. The minimum absolute atomic E-state index is 0.0454. The van der Waals surface area contributed by atoms with Gasteiger partial charge in [-0.1, -0.05) is 23.7 Å². The normalized spacial score (nSPS) is 11.0. The smallest absolute Gasteiger partial charge is 0.271 e. The SMILES string of the molecule is O=C(Cc1ccc(F)cc1)NNC(=O)c1cc(S(=O)(=O)Nc2ccc(F)cc2)ccc1Cl. The van der Waals surface area contributed by atoms with Crippen molar-refractivity contribution in [3.8, 4) is 0 Å². The van der Waals surface area contributed by atoms with E-state index in [-0.39, 0.29) is 27.6 Å². The Bertz CT molecular complexity index is 1250. The molecule has 0 unspecified atom stereocenters. The number of hydrazine groups is 1. The van der Waals surface area contributed by atoms with E-state index >= 15 is 0 Å². The molecule has 0 aliphatic heterocycles. The van der Waals surface area contributed by atoms with Crippen LogP contribution in [0.2, 0.25) is 5.02 Å². The van der Waals surface area contributed by atoms with E-state index in [4.69, 9.17) is 11.6 Å². The number of rotatable bonds is 6. The van der Waals surface area contributed by atoms with Crippen molar-refractivity contribution in [1.29, 1.82) is 0 Å². The number of hydrogen-bond acceptors (Lipinski definition) is 4. The molecular weight excluding hydrogens is 464 g/mol. The van der Waals surface area contributed by atoms with Gasteiger partial charge in [-0.15, -0.1) is 0 Å². The summed E-state index contributed by atoms with van der Waals surface area (Å²) in [6, 6.07) is 13.4. The van der Waals surface area contributed by atoms with Crippen LogP contribution in [0.4, 0.5) is 14.5 Å². The van der Waals surface area contributed by atoms with Crippen LogP contribution in [0.3, 0.4) is 0 Å². The third kappa shape index (κ3) is 6.02. The van der Waals surface area contributed by atoms with E-state index in [0.29, 0.717) is 5.56 Å². The van der Waals surface area contributed by atoms with Crippen molar-refractivity contribution in [3.63, 3.8) is 0 Å². The first-order valence-electron chi connectivity index (χ1n) is 9.05. The van der Waals surface area contributed by atoms with Crippen LogP contribution >= 0.6 is 11.6 Å². The second-order valence-corrected chi connectivity index (χ2v) is 8.65. The van der Waals surface area contributed by atoms with E-state index in [1.54, 1.807) is 0 Å². The Morgan fingerprint density at radius 1 is 0.844 bits per heavy atom. The van der Waals surface area contributed by atoms with Crippen LogP contribution < -0.4 is 15.6 Å². The van der Waals surface area contributed by atoms with Gasteiger partial charge in [0.15, 0.2) is 0 Å². The van der Waals surface area contributed by atoms with Crippen LogP contribution in [0.25, 0.3) is 0 Å². The van der Waals surface area contributed by atoms with Gasteiger partial charge in [0.05, 0.1) is 21.9 Å². The fraction of sp³-hybridized carbons (Fsp3) is 0.0476. The number of nitrogens with one attached hydrogen (secondary N) is 3. The molecule has 3 aromatic carbocycles. The molecule has 0 aliphatic rings. The number of carbonyl (C=O) groups excluding carboxylic acids is 2. The van der Waals surface area contributed by atoms with Gasteiger partial charge in [-0.25, -0.2) is 17.2 Å². The summed E-state index contributed by atoms with van der Waals surface area (Å²) in [5, 5.41) is -0.0454. The molecule has 0 aliphatic carbocycles. The molecule has 0 heterocycles. The van der Waals surface area contributed by atoms with Crippen molar-refractivity contribution in [2.75, 3.05) is 4.72 Å². The lowest BCUT2D eigenvalue weighted by Gasteiger charge is -2.12. The Hall–Kier alpha value is -3.50. The molecule has 0 spiro atoms. The first-order valence-corrected chi connectivity index (χ1v) is 10.9. The number of amides is 2. The lowest BCUT2D eigenvalue weighted by molar-refractivity contribution is -0.121. The Labute approximate surface area is 187 Å². The highest BCUT2D eigenvalue weighted by Gasteiger charge is 2.19. The van der Waals surface area contributed by atoms with Crippen LogP contribution in [0.5, 0.6) is 0 Å². The Kier molecular flexibility index (Phi) is 7.06. The molecule has 11 heteroatoms. The molecule has 0 atom stereocenters. The fourth-order valence-electron chi connectivity index (χ4n) is 2.60. The number of benzene rings is 3. The van der Waals surface area contributed by atoms with E-state index in [2.05, 4.69) is 15.6 Å². The van der Waals surface area contributed by atoms with Gasteiger partial charge in [-0.2, -0.15) is 0 Å². The maximum atomic E-state index is 13.0. The quantitative estimate of drug-likeness (QED) is 0.471. The molecule has 0 radical (unpaired) electrons. The van der Waals surface area contributed by atoms with Crippen molar-refractivity contribution in [1.82, 2.24) is 10.9 Å². The third-order valence-electron chi connectivity index (χ3n) is 4.18. The summed E-state index contributed by atoms with van der Waals surface area (Å²) >= 11 is 6.01. The maximum Gasteiger partial charge on any atom is 0.271 e. The summed E-state index contributed by atoms with van der Waals surface area (Å²) in [5.74, 6) is -2.40. The number of anilines is 1. The molecule has 3 aromatic rings. The van der Waals surface area contributed by atoms with E-state index in [9.17, 15) is 26.8 Å².